The van der Waals surface area contributed by atoms with E-state index in [1.807, 2.05) is 23.2 Å². The number of ether oxygens (including phenoxy) is 1. The Bertz CT molecular complexity index is 929. The first-order valence-electron chi connectivity index (χ1n) is 10.9. The number of nitrogens with zero attached hydrogens (tertiary/aromatic N) is 3. The minimum absolute atomic E-state index is 0.00565. The Morgan fingerprint density at radius 3 is 2.47 bits per heavy atom. The van der Waals surface area contributed by atoms with Gasteiger partial charge in [-0.05, 0) is 55.6 Å². The van der Waals surface area contributed by atoms with Crippen molar-refractivity contribution in [2.24, 2.45) is 11.3 Å². The number of aliphatic carboxylic acids is 1. The fourth-order valence-electron chi connectivity index (χ4n) is 4.62. The number of hydrogen-bond acceptors (Lipinski definition) is 6. The van der Waals surface area contributed by atoms with Crippen LogP contribution in [0.3, 0.4) is 0 Å². The van der Waals surface area contributed by atoms with E-state index < -0.39 is 12.1 Å². The molecule has 2 aliphatic rings. The van der Waals surface area contributed by atoms with E-state index in [2.05, 4.69) is 16.0 Å². The van der Waals surface area contributed by atoms with Crippen LogP contribution in [0.5, 0.6) is 0 Å². The fraction of sp³-hybridized carbons (Fsp3) is 0.522. The maximum atomic E-state index is 12.8. The van der Waals surface area contributed by atoms with Crippen molar-refractivity contribution in [1.29, 1.82) is 0 Å². The summed E-state index contributed by atoms with van der Waals surface area (Å²) in [7, 11) is 1.75. The molecule has 4 heterocycles. The summed E-state index contributed by atoms with van der Waals surface area (Å²) in [5, 5.41) is 7.12. The third-order valence-corrected chi connectivity index (χ3v) is 6.41. The third kappa shape index (κ3) is 6.35. The van der Waals surface area contributed by atoms with Gasteiger partial charge in [0.2, 0.25) is 0 Å². The predicted molar refractivity (Wildman–Crippen MR) is 115 cm³/mol. The minimum Gasteiger partial charge on any atom is -0.475 e. The highest BCUT2D eigenvalue weighted by atomic mass is 19.4. The quantitative estimate of drug-likeness (QED) is 0.697. The molecule has 1 amide bonds. The molecule has 8 nitrogen and oxygen atoms in total. The topological polar surface area (TPSA) is 96.1 Å². The summed E-state index contributed by atoms with van der Waals surface area (Å²) >= 11 is 0. The highest BCUT2D eigenvalue weighted by Gasteiger charge is 2.49. The van der Waals surface area contributed by atoms with E-state index in [1.165, 1.54) is 0 Å². The van der Waals surface area contributed by atoms with Crippen molar-refractivity contribution in [3.63, 3.8) is 0 Å². The van der Waals surface area contributed by atoms with Crippen molar-refractivity contribution < 1.29 is 37.0 Å². The summed E-state index contributed by atoms with van der Waals surface area (Å²) in [5.41, 5.74) is 1.25. The number of carbonyl (C=O) groups is 2. The number of aromatic nitrogens is 1. The molecule has 2 aliphatic heterocycles. The standard InChI is InChI=1S/C21H27N3O3.C2HF3O2/c1-26-15-17-13-24(20(25)19-6-4-12-27-19)16-21(17)7-10-23(11-8-21)14-18-5-2-3-9-22-18;3-2(4,5)1(6)7/h2-6,9,12,17H,7-8,10-11,13-16H2,1H3;(H,6,7). The smallest absolute Gasteiger partial charge is 0.475 e. The van der Waals surface area contributed by atoms with Gasteiger partial charge in [0.15, 0.2) is 5.76 Å². The summed E-state index contributed by atoms with van der Waals surface area (Å²) < 4.78 is 42.6. The number of hydrogen-bond donors (Lipinski definition) is 1. The molecule has 11 heteroatoms. The first kappa shape index (κ1) is 25.7. The molecule has 2 aromatic heterocycles. The lowest BCUT2D eigenvalue weighted by molar-refractivity contribution is -0.192. The van der Waals surface area contributed by atoms with E-state index in [9.17, 15) is 18.0 Å². The number of alkyl halides is 3. The van der Waals surface area contributed by atoms with Gasteiger partial charge in [-0.25, -0.2) is 4.79 Å². The van der Waals surface area contributed by atoms with Crippen LogP contribution in [0.1, 0.15) is 29.1 Å². The summed E-state index contributed by atoms with van der Waals surface area (Å²) in [4.78, 5) is 30.5. The van der Waals surface area contributed by atoms with Gasteiger partial charge in [-0.1, -0.05) is 6.07 Å². The van der Waals surface area contributed by atoms with E-state index in [4.69, 9.17) is 19.1 Å². The molecule has 0 aliphatic carbocycles. The number of carbonyl (C=O) groups excluding carboxylic acids is 1. The molecule has 1 unspecified atom stereocenters. The van der Waals surface area contributed by atoms with Gasteiger partial charge in [-0.15, -0.1) is 0 Å². The molecule has 186 valence electrons. The molecule has 1 spiro atoms. The second-order valence-electron chi connectivity index (χ2n) is 8.58. The van der Waals surface area contributed by atoms with Gasteiger partial charge in [0.05, 0.1) is 18.6 Å². The highest BCUT2D eigenvalue weighted by Crippen LogP contribution is 2.45. The van der Waals surface area contributed by atoms with Crippen molar-refractivity contribution in [3.8, 4) is 0 Å². The first-order valence-corrected chi connectivity index (χ1v) is 10.9. The molecule has 1 N–H and O–H groups in total. The average Bonchev–Trinajstić information content (AvgIpc) is 3.45. The minimum atomic E-state index is -5.08. The third-order valence-electron chi connectivity index (χ3n) is 6.41. The van der Waals surface area contributed by atoms with E-state index in [-0.39, 0.29) is 11.3 Å². The zero-order valence-electron chi connectivity index (χ0n) is 18.8. The van der Waals surface area contributed by atoms with Crippen LogP contribution in [0, 0.1) is 11.3 Å². The Kier molecular flexibility index (Phi) is 8.32. The largest absolute Gasteiger partial charge is 0.490 e. The number of piperidine rings is 1. The summed E-state index contributed by atoms with van der Waals surface area (Å²) in [6.07, 6.45) is 0.484. The van der Waals surface area contributed by atoms with Gasteiger partial charge in [-0.3, -0.25) is 14.7 Å². The normalized spacial score (nSPS) is 20.1. The van der Waals surface area contributed by atoms with Crippen LogP contribution >= 0.6 is 0 Å². The van der Waals surface area contributed by atoms with Crippen molar-refractivity contribution in [2.75, 3.05) is 39.9 Å². The molecule has 2 aromatic rings. The van der Waals surface area contributed by atoms with Gasteiger partial charge in [0, 0.05) is 38.9 Å². The van der Waals surface area contributed by atoms with Crippen molar-refractivity contribution >= 4 is 11.9 Å². The maximum Gasteiger partial charge on any atom is 0.490 e. The molecule has 4 rings (SSSR count). The highest BCUT2D eigenvalue weighted by molar-refractivity contribution is 5.91. The molecule has 0 radical (unpaired) electrons. The zero-order valence-corrected chi connectivity index (χ0v) is 18.8. The SMILES string of the molecule is COCC1CN(C(=O)c2ccco2)CC12CCN(Cc1ccccn1)CC2.O=C(O)C(F)(F)F. The molecular weight excluding hydrogens is 455 g/mol. The van der Waals surface area contributed by atoms with Crippen molar-refractivity contribution in [1.82, 2.24) is 14.8 Å². The number of carboxylic acid groups (broad SMARTS) is 1. The lowest BCUT2D eigenvalue weighted by atomic mass is 9.71. The first-order chi connectivity index (χ1) is 16.1. The van der Waals surface area contributed by atoms with Crippen LogP contribution in [-0.2, 0) is 16.1 Å². The number of carboxylic acids is 1. The maximum absolute atomic E-state index is 12.8. The number of furan rings is 1. The van der Waals surface area contributed by atoms with E-state index in [0.29, 0.717) is 18.3 Å². The van der Waals surface area contributed by atoms with E-state index in [0.717, 1.165) is 51.3 Å². The molecular formula is C23H28F3N3O5. The number of halogens is 3. The Hall–Kier alpha value is -2.92. The molecule has 2 fully saturated rings. The van der Waals surface area contributed by atoms with Crippen molar-refractivity contribution in [3.05, 3.63) is 54.2 Å². The summed E-state index contributed by atoms with van der Waals surface area (Å²) in [6.45, 7) is 5.17. The number of rotatable bonds is 5. The lowest BCUT2D eigenvalue weighted by Gasteiger charge is -2.42. The zero-order chi connectivity index (χ0) is 24.8. The van der Waals surface area contributed by atoms with Crippen LogP contribution in [0.15, 0.2) is 47.2 Å². The van der Waals surface area contributed by atoms with Crippen LogP contribution in [0.25, 0.3) is 0 Å². The van der Waals surface area contributed by atoms with Gasteiger partial charge in [0.1, 0.15) is 0 Å². The number of amides is 1. The van der Waals surface area contributed by atoms with E-state index >= 15 is 0 Å². The number of methoxy groups -OCH3 is 1. The van der Waals surface area contributed by atoms with Crippen LogP contribution < -0.4 is 0 Å². The Labute approximate surface area is 195 Å². The van der Waals surface area contributed by atoms with Crippen LogP contribution in [-0.4, -0.2) is 77.8 Å². The Balaban J connectivity index is 0.000000406. The second kappa shape index (κ2) is 11.0. The van der Waals surface area contributed by atoms with Gasteiger partial charge < -0.3 is 19.2 Å². The number of pyridine rings is 1. The predicted octanol–water partition coefficient (Wildman–Crippen LogP) is 3.31. The second-order valence-corrected chi connectivity index (χ2v) is 8.58. The van der Waals surface area contributed by atoms with Crippen molar-refractivity contribution in [2.45, 2.75) is 25.6 Å². The van der Waals surface area contributed by atoms with Crippen LogP contribution in [0.4, 0.5) is 13.2 Å². The molecule has 0 aromatic carbocycles. The van der Waals surface area contributed by atoms with Gasteiger partial charge >= 0.3 is 12.1 Å². The van der Waals surface area contributed by atoms with Crippen LogP contribution in [0.2, 0.25) is 0 Å². The molecule has 0 bridgehead atoms. The monoisotopic (exact) mass is 483 g/mol. The fourth-order valence-corrected chi connectivity index (χ4v) is 4.62. The Morgan fingerprint density at radius 2 is 1.94 bits per heavy atom. The lowest BCUT2D eigenvalue weighted by Crippen LogP contribution is -2.45. The van der Waals surface area contributed by atoms with E-state index in [1.54, 1.807) is 25.5 Å². The number of likely N-dealkylation sites (tertiary alicyclic amines) is 2. The molecule has 2 saturated heterocycles. The Morgan fingerprint density at radius 1 is 1.24 bits per heavy atom. The molecule has 0 saturated carbocycles. The molecule has 34 heavy (non-hydrogen) atoms. The van der Waals surface area contributed by atoms with Gasteiger partial charge in [-0.2, -0.15) is 13.2 Å². The van der Waals surface area contributed by atoms with Gasteiger partial charge in [0.25, 0.3) is 5.91 Å². The average molecular weight is 483 g/mol. The molecule has 1 atom stereocenters. The summed E-state index contributed by atoms with van der Waals surface area (Å²) in [5.74, 6) is -1.96. The summed E-state index contributed by atoms with van der Waals surface area (Å²) in [6, 6.07) is 9.58.